The van der Waals surface area contributed by atoms with Gasteiger partial charge in [0.25, 0.3) is 6.43 Å². The maximum Gasteiger partial charge on any atom is 0.255 e. The first-order valence-electron chi connectivity index (χ1n) is 4.16. The van der Waals surface area contributed by atoms with Gasteiger partial charge in [0.1, 0.15) is 18.0 Å². The van der Waals surface area contributed by atoms with Gasteiger partial charge in [-0.15, -0.1) is 0 Å². The van der Waals surface area contributed by atoms with E-state index < -0.39 is 13.0 Å². The molecule has 4 nitrogen and oxygen atoms in total. The third-order valence-corrected chi connectivity index (χ3v) is 1.74. The SMILES string of the molecule is CNc1ncnc(NCC(F)F)c1C. The van der Waals surface area contributed by atoms with E-state index in [2.05, 4.69) is 20.6 Å². The van der Waals surface area contributed by atoms with Gasteiger partial charge in [0, 0.05) is 12.6 Å². The molecule has 1 aromatic rings. The molecule has 0 bridgehead atoms. The highest BCUT2D eigenvalue weighted by molar-refractivity contribution is 5.55. The van der Waals surface area contributed by atoms with Gasteiger partial charge < -0.3 is 10.6 Å². The van der Waals surface area contributed by atoms with Crippen molar-refractivity contribution in [3.05, 3.63) is 11.9 Å². The van der Waals surface area contributed by atoms with Crippen LogP contribution in [0.4, 0.5) is 20.4 Å². The maximum atomic E-state index is 11.9. The van der Waals surface area contributed by atoms with Crippen molar-refractivity contribution in [2.75, 3.05) is 24.2 Å². The Morgan fingerprint density at radius 1 is 1.36 bits per heavy atom. The number of hydrogen-bond acceptors (Lipinski definition) is 4. The number of alkyl halides is 2. The molecule has 0 aromatic carbocycles. The van der Waals surface area contributed by atoms with Crippen LogP contribution < -0.4 is 10.6 Å². The number of anilines is 2. The molecule has 1 rings (SSSR count). The molecule has 6 heteroatoms. The summed E-state index contributed by atoms with van der Waals surface area (Å²) >= 11 is 0. The third-order valence-electron chi connectivity index (χ3n) is 1.74. The van der Waals surface area contributed by atoms with Crippen LogP contribution in [0.15, 0.2) is 6.33 Å². The first-order chi connectivity index (χ1) is 6.65. The number of aromatic nitrogens is 2. The van der Waals surface area contributed by atoms with Crippen molar-refractivity contribution in [2.45, 2.75) is 13.3 Å². The Balaban J connectivity index is 2.76. The fraction of sp³-hybridized carbons (Fsp3) is 0.500. The predicted molar refractivity (Wildman–Crippen MR) is 50.8 cm³/mol. The van der Waals surface area contributed by atoms with Crippen LogP contribution in [-0.4, -0.2) is 30.0 Å². The van der Waals surface area contributed by atoms with Crippen LogP contribution in [0.2, 0.25) is 0 Å². The summed E-state index contributed by atoms with van der Waals surface area (Å²) in [7, 11) is 1.71. The fourth-order valence-corrected chi connectivity index (χ4v) is 1.05. The Bertz CT molecular complexity index is 303. The summed E-state index contributed by atoms with van der Waals surface area (Å²) in [6, 6.07) is 0. The lowest BCUT2D eigenvalue weighted by molar-refractivity contribution is 0.163. The first-order valence-corrected chi connectivity index (χ1v) is 4.16. The molecule has 14 heavy (non-hydrogen) atoms. The molecule has 0 radical (unpaired) electrons. The second kappa shape index (κ2) is 4.69. The van der Waals surface area contributed by atoms with Gasteiger partial charge in [-0.2, -0.15) is 0 Å². The zero-order valence-corrected chi connectivity index (χ0v) is 8.01. The van der Waals surface area contributed by atoms with E-state index in [0.29, 0.717) is 11.6 Å². The molecule has 0 saturated heterocycles. The highest BCUT2D eigenvalue weighted by Crippen LogP contribution is 2.17. The molecule has 78 valence electrons. The number of nitrogens with zero attached hydrogens (tertiary/aromatic N) is 2. The van der Waals surface area contributed by atoms with Gasteiger partial charge in [-0.3, -0.25) is 0 Å². The van der Waals surface area contributed by atoms with E-state index in [1.165, 1.54) is 6.33 Å². The second-order valence-corrected chi connectivity index (χ2v) is 2.72. The van der Waals surface area contributed by atoms with Crippen LogP contribution >= 0.6 is 0 Å². The fourth-order valence-electron chi connectivity index (χ4n) is 1.05. The number of rotatable bonds is 4. The Hall–Kier alpha value is -1.46. The standard InChI is InChI=1S/C8H12F2N4/c1-5-7(11-2)13-4-14-8(5)12-3-6(9)10/h4,6H,3H2,1-2H3,(H2,11,12,13,14). The van der Waals surface area contributed by atoms with Crippen molar-refractivity contribution in [1.82, 2.24) is 9.97 Å². The minimum absolute atomic E-state index is 0.402. The summed E-state index contributed by atoms with van der Waals surface area (Å²) in [4.78, 5) is 7.80. The van der Waals surface area contributed by atoms with Gasteiger partial charge in [0.05, 0.1) is 6.54 Å². The lowest BCUT2D eigenvalue weighted by Gasteiger charge is -2.10. The lowest BCUT2D eigenvalue weighted by atomic mass is 10.3. The lowest BCUT2D eigenvalue weighted by Crippen LogP contribution is -2.13. The zero-order chi connectivity index (χ0) is 10.6. The summed E-state index contributed by atoms with van der Waals surface area (Å²) in [6.07, 6.45) is -1.06. The first kappa shape index (κ1) is 10.6. The van der Waals surface area contributed by atoms with E-state index in [-0.39, 0.29) is 0 Å². The van der Waals surface area contributed by atoms with E-state index in [1.807, 2.05) is 0 Å². The largest absolute Gasteiger partial charge is 0.373 e. The molecular weight excluding hydrogens is 190 g/mol. The number of nitrogens with one attached hydrogen (secondary N) is 2. The second-order valence-electron chi connectivity index (χ2n) is 2.72. The Morgan fingerprint density at radius 3 is 2.57 bits per heavy atom. The number of hydrogen-bond donors (Lipinski definition) is 2. The predicted octanol–water partition coefficient (Wildman–Crippen LogP) is 1.50. The molecule has 0 amide bonds. The highest BCUT2D eigenvalue weighted by Gasteiger charge is 2.07. The van der Waals surface area contributed by atoms with Crippen molar-refractivity contribution >= 4 is 11.6 Å². The van der Waals surface area contributed by atoms with Crippen LogP contribution in [0.25, 0.3) is 0 Å². The molecule has 1 heterocycles. The summed E-state index contributed by atoms with van der Waals surface area (Å²) in [5.74, 6) is 1.07. The molecule has 0 atom stereocenters. The van der Waals surface area contributed by atoms with E-state index in [4.69, 9.17) is 0 Å². The number of halogens is 2. The molecule has 1 aromatic heterocycles. The van der Waals surface area contributed by atoms with Gasteiger partial charge in [-0.1, -0.05) is 0 Å². The molecule has 0 saturated carbocycles. The highest BCUT2D eigenvalue weighted by atomic mass is 19.3. The summed E-state index contributed by atoms with van der Waals surface area (Å²) < 4.78 is 23.8. The zero-order valence-electron chi connectivity index (χ0n) is 8.01. The van der Waals surface area contributed by atoms with Crippen molar-refractivity contribution in [3.8, 4) is 0 Å². The van der Waals surface area contributed by atoms with Crippen molar-refractivity contribution in [3.63, 3.8) is 0 Å². The molecule has 0 aliphatic heterocycles. The Kier molecular flexibility index (Phi) is 3.55. The van der Waals surface area contributed by atoms with E-state index >= 15 is 0 Å². The minimum Gasteiger partial charge on any atom is -0.373 e. The van der Waals surface area contributed by atoms with Crippen molar-refractivity contribution < 1.29 is 8.78 Å². The summed E-state index contributed by atoms with van der Waals surface area (Å²) in [5, 5.41) is 5.39. The molecule has 0 fully saturated rings. The van der Waals surface area contributed by atoms with Crippen LogP contribution in [0.3, 0.4) is 0 Å². The summed E-state index contributed by atoms with van der Waals surface area (Å²) in [6.45, 7) is 1.36. The van der Waals surface area contributed by atoms with Gasteiger partial charge in [0.15, 0.2) is 0 Å². The van der Waals surface area contributed by atoms with Gasteiger partial charge in [-0.25, -0.2) is 18.7 Å². The molecule has 0 aliphatic carbocycles. The van der Waals surface area contributed by atoms with Gasteiger partial charge in [0.2, 0.25) is 0 Å². The monoisotopic (exact) mass is 202 g/mol. The Morgan fingerprint density at radius 2 is 2.00 bits per heavy atom. The van der Waals surface area contributed by atoms with Gasteiger partial charge in [-0.05, 0) is 6.92 Å². The third kappa shape index (κ3) is 2.51. The van der Waals surface area contributed by atoms with E-state index in [9.17, 15) is 8.78 Å². The van der Waals surface area contributed by atoms with Crippen molar-refractivity contribution in [2.24, 2.45) is 0 Å². The topological polar surface area (TPSA) is 49.8 Å². The van der Waals surface area contributed by atoms with Crippen LogP contribution in [0.5, 0.6) is 0 Å². The van der Waals surface area contributed by atoms with Crippen LogP contribution in [0.1, 0.15) is 5.56 Å². The minimum atomic E-state index is -2.39. The van der Waals surface area contributed by atoms with E-state index in [1.54, 1.807) is 14.0 Å². The normalized spacial score (nSPS) is 10.4. The summed E-state index contributed by atoms with van der Waals surface area (Å²) in [5.41, 5.74) is 0.732. The quantitative estimate of drug-likeness (QED) is 0.776. The molecular formula is C8H12F2N4. The molecule has 0 unspecified atom stereocenters. The van der Waals surface area contributed by atoms with E-state index in [0.717, 1.165) is 5.56 Å². The van der Waals surface area contributed by atoms with Gasteiger partial charge >= 0.3 is 0 Å². The molecule has 0 spiro atoms. The smallest absolute Gasteiger partial charge is 0.255 e. The van der Waals surface area contributed by atoms with Crippen LogP contribution in [-0.2, 0) is 0 Å². The Labute approximate surface area is 80.8 Å². The molecule has 2 N–H and O–H groups in total. The maximum absolute atomic E-state index is 11.9. The van der Waals surface area contributed by atoms with Crippen molar-refractivity contribution in [1.29, 1.82) is 0 Å². The average molecular weight is 202 g/mol. The molecule has 0 aliphatic rings. The van der Waals surface area contributed by atoms with Crippen LogP contribution in [0, 0.1) is 6.92 Å². The average Bonchev–Trinajstić information content (AvgIpc) is 2.16.